The van der Waals surface area contributed by atoms with Crippen LogP contribution in [0.5, 0.6) is 5.75 Å². The van der Waals surface area contributed by atoms with Crippen molar-refractivity contribution in [3.05, 3.63) is 47.2 Å². The number of amides is 1. The number of likely N-dealkylation sites (tertiary alicyclic amines) is 1. The number of pyridine rings is 2. The number of ether oxygens (including phenoxy) is 2. The molecule has 3 aromatic rings. The SMILES string of the molecule is COC(=O)[C@@H](Cc1cc2ccnc(N)c2cc1OC(F)(F)F)N1CC[C@H](N(c2cnc(N(C)C)c(Cl)c2)S(=O)O)C1=O. The zero-order chi connectivity index (χ0) is 30.9. The van der Waals surface area contributed by atoms with Crippen molar-refractivity contribution >= 4 is 62.8 Å². The van der Waals surface area contributed by atoms with Crippen LogP contribution in [0.3, 0.4) is 0 Å². The molecule has 3 atom stereocenters. The molecule has 3 heterocycles. The van der Waals surface area contributed by atoms with Crippen molar-refractivity contribution in [3.8, 4) is 5.75 Å². The van der Waals surface area contributed by atoms with E-state index in [4.69, 9.17) is 22.1 Å². The maximum Gasteiger partial charge on any atom is 0.573 e. The molecule has 1 aliphatic heterocycles. The Morgan fingerprint density at radius 3 is 2.62 bits per heavy atom. The number of rotatable bonds is 9. The molecule has 0 aliphatic carbocycles. The van der Waals surface area contributed by atoms with Crippen LogP contribution in [-0.4, -0.2) is 81.7 Å². The summed E-state index contributed by atoms with van der Waals surface area (Å²) in [5.41, 5.74) is 5.85. The quantitative estimate of drug-likeness (QED) is 0.266. The number of hydrogen-bond donors (Lipinski definition) is 2. The van der Waals surface area contributed by atoms with E-state index in [1.54, 1.807) is 19.0 Å². The molecule has 12 nitrogen and oxygen atoms in total. The summed E-state index contributed by atoms with van der Waals surface area (Å²) >= 11 is 3.58. The average Bonchev–Trinajstić information content (AvgIpc) is 3.26. The predicted octanol–water partition coefficient (Wildman–Crippen LogP) is 3.16. The van der Waals surface area contributed by atoms with Gasteiger partial charge in [-0.1, -0.05) is 11.6 Å². The van der Waals surface area contributed by atoms with E-state index in [1.165, 1.54) is 30.6 Å². The van der Waals surface area contributed by atoms with Gasteiger partial charge in [-0.2, -0.15) is 0 Å². The zero-order valence-electron chi connectivity index (χ0n) is 22.5. The Labute approximate surface area is 245 Å². The van der Waals surface area contributed by atoms with Crippen LogP contribution in [0.25, 0.3) is 10.8 Å². The van der Waals surface area contributed by atoms with E-state index in [1.807, 2.05) is 0 Å². The second-order valence-electron chi connectivity index (χ2n) is 9.45. The number of methoxy groups -OCH3 is 1. The Morgan fingerprint density at radius 1 is 1.31 bits per heavy atom. The van der Waals surface area contributed by atoms with Gasteiger partial charge < -0.3 is 25.0 Å². The Bertz CT molecular complexity index is 1540. The number of fused-ring (bicyclic) bond motifs is 1. The van der Waals surface area contributed by atoms with Crippen LogP contribution < -0.4 is 19.7 Å². The van der Waals surface area contributed by atoms with Gasteiger partial charge in [-0.25, -0.2) is 19.0 Å². The van der Waals surface area contributed by atoms with Crippen LogP contribution >= 0.6 is 11.6 Å². The number of benzene rings is 1. The number of alkyl halides is 3. The lowest BCUT2D eigenvalue weighted by Crippen LogP contribution is -2.49. The molecule has 2 aromatic heterocycles. The second-order valence-corrected chi connectivity index (χ2v) is 10.7. The van der Waals surface area contributed by atoms with E-state index < -0.39 is 53.8 Å². The maximum absolute atomic E-state index is 13.6. The first kappa shape index (κ1) is 31.1. The van der Waals surface area contributed by atoms with Crippen LogP contribution in [-0.2, 0) is 32.0 Å². The Hall–Kier alpha value is -3.89. The van der Waals surface area contributed by atoms with E-state index in [0.29, 0.717) is 11.2 Å². The highest BCUT2D eigenvalue weighted by atomic mass is 35.5. The first-order valence-corrected chi connectivity index (χ1v) is 13.7. The standard InChI is InChI=1S/C25H26ClF3N6O6S/c1-33(2)22-17(26)10-15(12-32-22)35(42(38)39)18-5-7-34(23(18)36)19(24(37)40-3)9-14-8-13-4-6-31-21(30)16(13)11-20(14)41-25(27,28)29/h4,6,8,10-12,18-19H,5,7,9H2,1-3H3,(H2,30,31)(H,38,39)/t18-,19+/m0/s1. The molecule has 1 saturated heterocycles. The molecule has 226 valence electrons. The largest absolute Gasteiger partial charge is 0.573 e. The fourth-order valence-corrected chi connectivity index (χ4v) is 5.80. The Kier molecular flexibility index (Phi) is 8.98. The summed E-state index contributed by atoms with van der Waals surface area (Å²) in [6.45, 7) is -0.0756. The van der Waals surface area contributed by atoms with E-state index in [-0.39, 0.29) is 40.4 Å². The molecule has 0 bridgehead atoms. The lowest BCUT2D eigenvalue weighted by molar-refractivity contribution is -0.274. The normalized spacial score (nSPS) is 16.8. The number of nitrogens with zero attached hydrogens (tertiary/aromatic N) is 5. The molecule has 4 rings (SSSR count). The first-order valence-electron chi connectivity index (χ1n) is 12.3. The van der Waals surface area contributed by atoms with E-state index in [0.717, 1.165) is 22.4 Å². The van der Waals surface area contributed by atoms with Gasteiger partial charge in [-0.05, 0) is 41.6 Å². The van der Waals surface area contributed by atoms with Gasteiger partial charge in [0.1, 0.15) is 29.5 Å². The van der Waals surface area contributed by atoms with Crippen LogP contribution in [0.15, 0.2) is 36.7 Å². The predicted molar refractivity (Wildman–Crippen MR) is 149 cm³/mol. The monoisotopic (exact) mass is 630 g/mol. The van der Waals surface area contributed by atoms with Gasteiger partial charge >= 0.3 is 12.3 Å². The van der Waals surface area contributed by atoms with E-state index >= 15 is 0 Å². The minimum atomic E-state index is -5.07. The fourth-order valence-electron chi connectivity index (χ4n) is 4.78. The van der Waals surface area contributed by atoms with Gasteiger partial charge in [-0.3, -0.25) is 13.7 Å². The summed E-state index contributed by atoms with van der Waals surface area (Å²) in [6, 6.07) is 2.70. The molecule has 3 N–H and O–H groups in total. The molecule has 1 amide bonds. The number of hydrogen-bond acceptors (Lipinski definition) is 9. The molecule has 1 unspecified atom stereocenters. The number of esters is 1. The van der Waals surface area contributed by atoms with E-state index in [2.05, 4.69) is 14.7 Å². The number of halogens is 4. The molecule has 1 aliphatic rings. The molecular formula is C25H26ClF3N6O6S. The summed E-state index contributed by atoms with van der Waals surface area (Å²) in [6.07, 6.45) is -2.86. The molecule has 0 saturated carbocycles. The topological polar surface area (TPSA) is 151 Å². The molecule has 17 heteroatoms. The van der Waals surface area contributed by atoms with Crippen molar-refractivity contribution < 1.29 is 41.0 Å². The maximum atomic E-state index is 13.6. The number of carbonyl (C=O) groups is 2. The van der Waals surface area contributed by atoms with Gasteiger partial charge in [0.15, 0.2) is 0 Å². The van der Waals surface area contributed by atoms with Crippen molar-refractivity contribution in [1.29, 1.82) is 0 Å². The smallest absolute Gasteiger partial charge is 0.467 e. The Morgan fingerprint density at radius 2 is 2.02 bits per heavy atom. The van der Waals surface area contributed by atoms with Crippen LogP contribution in [0.2, 0.25) is 5.02 Å². The van der Waals surface area contributed by atoms with Crippen molar-refractivity contribution in [3.63, 3.8) is 0 Å². The van der Waals surface area contributed by atoms with Gasteiger partial charge in [0.2, 0.25) is 5.91 Å². The molecule has 0 spiro atoms. The molecule has 1 aromatic carbocycles. The lowest BCUT2D eigenvalue weighted by Gasteiger charge is -2.29. The highest BCUT2D eigenvalue weighted by molar-refractivity contribution is 7.80. The van der Waals surface area contributed by atoms with Crippen molar-refractivity contribution in [1.82, 2.24) is 14.9 Å². The minimum Gasteiger partial charge on any atom is -0.467 e. The zero-order valence-corrected chi connectivity index (χ0v) is 24.0. The molecule has 1 fully saturated rings. The summed E-state index contributed by atoms with van der Waals surface area (Å²) in [4.78, 5) is 37.4. The summed E-state index contributed by atoms with van der Waals surface area (Å²) in [7, 11) is 4.48. The van der Waals surface area contributed by atoms with Crippen molar-refractivity contribution in [2.24, 2.45) is 0 Å². The third-order valence-electron chi connectivity index (χ3n) is 6.61. The number of nitrogens with two attached hydrogens (primary N) is 1. The Balaban J connectivity index is 1.70. The second kappa shape index (κ2) is 12.1. The minimum absolute atomic E-state index is 0.00247. The summed E-state index contributed by atoms with van der Waals surface area (Å²) < 4.78 is 72.5. The van der Waals surface area contributed by atoms with E-state index in [9.17, 15) is 31.5 Å². The molecular weight excluding hydrogens is 605 g/mol. The number of nitrogen functional groups attached to an aromatic ring is 1. The van der Waals surface area contributed by atoms with Crippen LogP contribution in [0, 0.1) is 0 Å². The molecule has 0 radical (unpaired) electrons. The number of aromatic nitrogens is 2. The van der Waals surface area contributed by atoms with Crippen molar-refractivity contribution in [2.45, 2.75) is 31.3 Å². The highest BCUT2D eigenvalue weighted by Gasteiger charge is 2.44. The van der Waals surface area contributed by atoms with Crippen LogP contribution in [0.1, 0.15) is 12.0 Å². The summed E-state index contributed by atoms with van der Waals surface area (Å²) in [5.74, 6) is -1.91. The lowest BCUT2D eigenvalue weighted by atomic mass is 10.00. The summed E-state index contributed by atoms with van der Waals surface area (Å²) in [5, 5.41) is 0.779. The number of anilines is 3. The first-order chi connectivity index (χ1) is 19.7. The molecule has 42 heavy (non-hydrogen) atoms. The van der Waals surface area contributed by atoms with Gasteiger partial charge in [0.05, 0.1) is 24.0 Å². The average molecular weight is 631 g/mol. The third-order valence-corrected chi connectivity index (χ3v) is 7.69. The fraction of sp³-hybridized carbons (Fsp3) is 0.360. The number of carbonyl (C=O) groups excluding carboxylic acids is 2. The van der Waals surface area contributed by atoms with Crippen molar-refractivity contribution in [2.75, 3.05) is 42.7 Å². The highest BCUT2D eigenvalue weighted by Crippen LogP contribution is 2.35. The van der Waals surface area contributed by atoms with Gasteiger partial charge in [0, 0.05) is 38.6 Å². The van der Waals surface area contributed by atoms with Gasteiger partial charge in [-0.15, -0.1) is 13.2 Å². The van der Waals surface area contributed by atoms with Gasteiger partial charge in [0.25, 0.3) is 11.3 Å². The van der Waals surface area contributed by atoms with Crippen LogP contribution in [0.4, 0.5) is 30.5 Å². The third kappa shape index (κ3) is 6.44.